The normalized spacial score (nSPS) is 17.9. The van der Waals surface area contributed by atoms with Crippen LogP contribution in [-0.4, -0.2) is 54.7 Å². The molecule has 0 bridgehead atoms. The van der Waals surface area contributed by atoms with Gasteiger partial charge in [0.2, 0.25) is 11.8 Å². The maximum atomic E-state index is 12.5. The molecule has 0 spiro atoms. The molecule has 134 valence electrons. The summed E-state index contributed by atoms with van der Waals surface area (Å²) in [5.41, 5.74) is 1.18. The summed E-state index contributed by atoms with van der Waals surface area (Å²) >= 11 is 0. The van der Waals surface area contributed by atoms with Crippen molar-refractivity contribution in [3.8, 4) is 0 Å². The van der Waals surface area contributed by atoms with Gasteiger partial charge < -0.3 is 15.1 Å². The number of carbonyl (C=O) groups excluding carboxylic acids is 3. The van der Waals surface area contributed by atoms with Crippen molar-refractivity contribution in [1.29, 1.82) is 0 Å². The summed E-state index contributed by atoms with van der Waals surface area (Å²) in [6.07, 6.45) is 3.42. The molecule has 0 unspecified atom stereocenters. The predicted octanol–water partition coefficient (Wildman–Crippen LogP) is 1.98. The molecule has 25 heavy (non-hydrogen) atoms. The number of hydrogen-bond donors (Lipinski definition) is 1. The number of benzene rings is 1. The molecule has 1 N–H and O–H groups in total. The van der Waals surface area contributed by atoms with Crippen molar-refractivity contribution in [2.45, 2.75) is 25.7 Å². The van der Waals surface area contributed by atoms with Gasteiger partial charge in [-0.15, -0.1) is 0 Å². The zero-order chi connectivity index (χ0) is 18.0. The SMILES string of the molecule is CN(C)C(=O)c1cccc(NC(=O)C2CCN(C(=O)C3CC3)CC2)c1. The second-order valence-electron chi connectivity index (χ2n) is 7.14. The standard InChI is InChI=1S/C19H25N3O3/c1-21(2)18(24)15-4-3-5-16(12-15)20-17(23)13-8-10-22(11-9-13)19(25)14-6-7-14/h3-5,12-14H,6-11H2,1-2H3,(H,20,23). The molecule has 0 radical (unpaired) electrons. The first-order chi connectivity index (χ1) is 12.0. The Morgan fingerprint density at radius 3 is 2.32 bits per heavy atom. The van der Waals surface area contributed by atoms with E-state index in [9.17, 15) is 14.4 Å². The molecule has 1 saturated heterocycles. The minimum Gasteiger partial charge on any atom is -0.345 e. The van der Waals surface area contributed by atoms with Crippen molar-refractivity contribution in [3.05, 3.63) is 29.8 Å². The number of amides is 3. The average Bonchev–Trinajstić information content (AvgIpc) is 3.46. The fourth-order valence-electron chi connectivity index (χ4n) is 3.18. The number of rotatable bonds is 4. The molecule has 6 nitrogen and oxygen atoms in total. The van der Waals surface area contributed by atoms with Crippen molar-refractivity contribution in [3.63, 3.8) is 0 Å². The molecule has 2 fully saturated rings. The lowest BCUT2D eigenvalue weighted by Crippen LogP contribution is -2.42. The minimum atomic E-state index is -0.0944. The summed E-state index contributed by atoms with van der Waals surface area (Å²) in [6.45, 7) is 1.32. The first-order valence-corrected chi connectivity index (χ1v) is 8.87. The lowest BCUT2D eigenvalue weighted by molar-refractivity contribution is -0.135. The second-order valence-corrected chi connectivity index (χ2v) is 7.14. The van der Waals surface area contributed by atoms with E-state index in [0.717, 1.165) is 12.8 Å². The highest BCUT2D eigenvalue weighted by atomic mass is 16.2. The van der Waals surface area contributed by atoms with E-state index in [0.29, 0.717) is 37.2 Å². The van der Waals surface area contributed by atoms with Crippen molar-refractivity contribution < 1.29 is 14.4 Å². The van der Waals surface area contributed by atoms with Crippen LogP contribution in [0.15, 0.2) is 24.3 Å². The number of nitrogens with one attached hydrogen (secondary N) is 1. The fourth-order valence-corrected chi connectivity index (χ4v) is 3.18. The average molecular weight is 343 g/mol. The lowest BCUT2D eigenvalue weighted by atomic mass is 9.95. The Hall–Kier alpha value is -2.37. The first kappa shape index (κ1) is 17.5. The van der Waals surface area contributed by atoms with Gasteiger partial charge in [-0.05, 0) is 43.9 Å². The van der Waals surface area contributed by atoms with Gasteiger partial charge in [0.25, 0.3) is 5.91 Å². The van der Waals surface area contributed by atoms with E-state index in [2.05, 4.69) is 5.32 Å². The molecule has 0 aromatic heterocycles. The lowest BCUT2D eigenvalue weighted by Gasteiger charge is -2.31. The Balaban J connectivity index is 1.55. The van der Waals surface area contributed by atoms with E-state index in [-0.39, 0.29) is 29.6 Å². The van der Waals surface area contributed by atoms with E-state index in [4.69, 9.17) is 0 Å². The minimum absolute atomic E-state index is 0.0343. The van der Waals surface area contributed by atoms with Gasteiger partial charge in [-0.3, -0.25) is 14.4 Å². The van der Waals surface area contributed by atoms with Gasteiger partial charge in [0, 0.05) is 50.3 Å². The highest BCUT2D eigenvalue weighted by Crippen LogP contribution is 2.32. The van der Waals surface area contributed by atoms with Crippen LogP contribution in [0.25, 0.3) is 0 Å². The molecule has 1 saturated carbocycles. The van der Waals surface area contributed by atoms with Gasteiger partial charge in [-0.1, -0.05) is 6.07 Å². The Morgan fingerprint density at radius 2 is 1.72 bits per heavy atom. The quantitative estimate of drug-likeness (QED) is 0.909. The third-order valence-corrected chi connectivity index (χ3v) is 4.89. The van der Waals surface area contributed by atoms with E-state index >= 15 is 0 Å². The predicted molar refractivity (Wildman–Crippen MR) is 95.1 cm³/mol. The molecular formula is C19H25N3O3. The van der Waals surface area contributed by atoms with Crippen LogP contribution in [0, 0.1) is 11.8 Å². The van der Waals surface area contributed by atoms with Crippen LogP contribution in [0.3, 0.4) is 0 Å². The number of nitrogens with zero attached hydrogens (tertiary/aromatic N) is 2. The maximum absolute atomic E-state index is 12.5. The van der Waals surface area contributed by atoms with E-state index in [1.165, 1.54) is 4.90 Å². The van der Waals surface area contributed by atoms with Crippen LogP contribution < -0.4 is 5.32 Å². The number of carbonyl (C=O) groups is 3. The molecule has 1 aliphatic heterocycles. The molecule has 1 heterocycles. The number of hydrogen-bond acceptors (Lipinski definition) is 3. The highest BCUT2D eigenvalue weighted by Gasteiger charge is 2.35. The summed E-state index contributed by atoms with van der Waals surface area (Å²) in [5, 5.41) is 2.91. The summed E-state index contributed by atoms with van der Waals surface area (Å²) < 4.78 is 0. The Morgan fingerprint density at radius 1 is 1.04 bits per heavy atom. The Bertz CT molecular complexity index is 674. The smallest absolute Gasteiger partial charge is 0.253 e. The Kier molecular flexibility index (Phi) is 5.06. The molecule has 1 aromatic carbocycles. The summed E-state index contributed by atoms with van der Waals surface area (Å²) in [5.74, 6) is 0.281. The molecule has 0 atom stereocenters. The topological polar surface area (TPSA) is 69.7 Å². The van der Waals surface area contributed by atoms with Gasteiger partial charge >= 0.3 is 0 Å². The molecule has 1 aliphatic carbocycles. The molecule has 1 aromatic rings. The van der Waals surface area contributed by atoms with Gasteiger partial charge in [-0.2, -0.15) is 0 Å². The van der Waals surface area contributed by atoms with Crippen molar-refractivity contribution in [2.75, 3.05) is 32.5 Å². The van der Waals surface area contributed by atoms with Gasteiger partial charge in [0.15, 0.2) is 0 Å². The van der Waals surface area contributed by atoms with Crippen molar-refractivity contribution >= 4 is 23.4 Å². The van der Waals surface area contributed by atoms with Crippen LogP contribution in [-0.2, 0) is 9.59 Å². The molecule has 3 rings (SSSR count). The zero-order valence-electron chi connectivity index (χ0n) is 14.8. The summed E-state index contributed by atoms with van der Waals surface area (Å²) in [7, 11) is 3.40. The number of likely N-dealkylation sites (tertiary alicyclic amines) is 1. The monoisotopic (exact) mass is 343 g/mol. The second kappa shape index (κ2) is 7.25. The fraction of sp³-hybridized carbons (Fsp3) is 0.526. The third-order valence-electron chi connectivity index (χ3n) is 4.89. The first-order valence-electron chi connectivity index (χ1n) is 8.87. The molecule has 3 amide bonds. The van der Waals surface area contributed by atoms with E-state index in [1.807, 2.05) is 4.90 Å². The van der Waals surface area contributed by atoms with Gasteiger partial charge in [-0.25, -0.2) is 0 Å². The third kappa shape index (κ3) is 4.18. The number of anilines is 1. The number of piperidine rings is 1. The van der Waals surface area contributed by atoms with Crippen LogP contribution >= 0.6 is 0 Å². The van der Waals surface area contributed by atoms with Crippen LogP contribution in [0.4, 0.5) is 5.69 Å². The van der Waals surface area contributed by atoms with E-state index < -0.39 is 0 Å². The van der Waals surface area contributed by atoms with Crippen molar-refractivity contribution in [2.24, 2.45) is 11.8 Å². The largest absolute Gasteiger partial charge is 0.345 e. The highest BCUT2D eigenvalue weighted by molar-refractivity contribution is 5.97. The Labute approximate surface area is 148 Å². The van der Waals surface area contributed by atoms with Gasteiger partial charge in [0.1, 0.15) is 0 Å². The van der Waals surface area contributed by atoms with Crippen molar-refractivity contribution in [1.82, 2.24) is 9.80 Å². The zero-order valence-corrected chi connectivity index (χ0v) is 14.8. The molecular weight excluding hydrogens is 318 g/mol. The molecule has 2 aliphatic rings. The van der Waals surface area contributed by atoms with Crippen LogP contribution in [0.1, 0.15) is 36.0 Å². The van der Waals surface area contributed by atoms with Gasteiger partial charge in [0.05, 0.1) is 0 Å². The summed E-state index contributed by atoms with van der Waals surface area (Å²) in [4.78, 5) is 40.0. The molecule has 6 heteroatoms. The van der Waals surface area contributed by atoms with Crippen LogP contribution in [0.5, 0.6) is 0 Å². The maximum Gasteiger partial charge on any atom is 0.253 e. The summed E-state index contributed by atoms with van der Waals surface area (Å²) in [6, 6.07) is 6.99. The van der Waals surface area contributed by atoms with Crippen LogP contribution in [0.2, 0.25) is 0 Å². The van der Waals surface area contributed by atoms with E-state index in [1.54, 1.807) is 38.4 Å².